The molecule has 1 amide bonds. The first-order valence-electron chi connectivity index (χ1n) is 7.90. The fraction of sp³-hybridized carbons (Fsp3) is 0.316. The van der Waals surface area contributed by atoms with Crippen molar-refractivity contribution in [3.63, 3.8) is 0 Å². The first kappa shape index (κ1) is 18.3. The zero-order valence-electron chi connectivity index (χ0n) is 13.8. The minimum Gasteiger partial charge on any atom is -0.497 e. The van der Waals surface area contributed by atoms with Crippen molar-refractivity contribution in [3.8, 4) is 5.75 Å². The summed E-state index contributed by atoms with van der Waals surface area (Å²) in [5, 5.41) is 13.6. The van der Waals surface area contributed by atoms with Crippen LogP contribution in [0.2, 0.25) is 5.02 Å². The van der Waals surface area contributed by atoms with Crippen molar-refractivity contribution in [1.29, 1.82) is 0 Å². The molecule has 0 aromatic heterocycles. The number of carbonyl (C=O) groups is 1. The Morgan fingerprint density at radius 2 is 1.71 bits per heavy atom. The van der Waals surface area contributed by atoms with Gasteiger partial charge in [0, 0.05) is 11.6 Å². The average molecular weight is 348 g/mol. The van der Waals surface area contributed by atoms with E-state index in [4.69, 9.17) is 16.3 Å². The van der Waals surface area contributed by atoms with Gasteiger partial charge in [0.25, 0.3) is 0 Å². The molecule has 0 heterocycles. The van der Waals surface area contributed by atoms with Crippen molar-refractivity contribution in [3.05, 3.63) is 64.7 Å². The second-order valence-electron chi connectivity index (χ2n) is 5.55. The Balaban J connectivity index is 1.97. The molecule has 0 fully saturated rings. The maximum Gasteiger partial charge on any atom is 0.227 e. The van der Waals surface area contributed by atoms with Crippen molar-refractivity contribution in [2.45, 2.75) is 25.4 Å². The minimum absolute atomic E-state index is 0.101. The number of benzene rings is 2. The summed E-state index contributed by atoms with van der Waals surface area (Å²) >= 11 is 5.83. The fourth-order valence-corrected chi connectivity index (χ4v) is 2.66. The molecule has 0 radical (unpaired) electrons. The standard InChI is InChI=1S/C19H22ClNO3/c1-3-17(13-6-10-16(24-2)11-7-13)19(23)21-12-18(22)14-4-8-15(20)9-5-14/h4-11,17-18,22H,3,12H2,1-2H3,(H,21,23). The lowest BCUT2D eigenvalue weighted by atomic mass is 9.95. The van der Waals surface area contributed by atoms with Crippen LogP contribution in [0.25, 0.3) is 0 Å². The summed E-state index contributed by atoms with van der Waals surface area (Å²) < 4.78 is 5.14. The second kappa shape index (κ2) is 8.71. The van der Waals surface area contributed by atoms with E-state index in [-0.39, 0.29) is 18.4 Å². The molecule has 2 unspecified atom stereocenters. The number of nitrogens with one attached hydrogen (secondary N) is 1. The van der Waals surface area contributed by atoms with Gasteiger partial charge in [-0.15, -0.1) is 0 Å². The zero-order valence-corrected chi connectivity index (χ0v) is 14.6. The predicted molar refractivity (Wildman–Crippen MR) is 95.4 cm³/mol. The topological polar surface area (TPSA) is 58.6 Å². The highest BCUT2D eigenvalue weighted by molar-refractivity contribution is 6.30. The number of hydrogen-bond donors (Lipinski definition) is 2. The maximum atomic E-state index is 12.4. The van der Waals surface area contributed by atoms with E-state index in [2.05, 4.69) is 5.32 Å². The Labute approximate surface area is 147 Å². The van der Waals surface area contributed by atoms with Crippen LogP contribution in [-0.4, -0.2) is 24.7 Å². The van der Waals surface area contributed by atoms with Gasteiger partial charge in [0.15, 0.2) is 0 Å². The third kappa shape index (κ3) is 4.73. The number of ether oxygens (including phenoxy) is 1. The monoisotopic (exact) mass is 347 g/mol. The van der Waals surface area contributed by atoms with E-state index >= 15 is 0 Å². The number of aliphatic hydroxyl groups excluding tert-OH is 1. The summed E-state index contributed by atoms with van der Waals surface area (Å²) in [5.41, 5.74) is 1.65. The Morgan fingerprint density at radius 1 is 1.12 bits per heavy atom. The lowest BCUT2D eigenvalue weighted by molar-refractivity contribution is -0.123. The Morgan fingerprint density at radius 3 is 2.25 bits per heavy atom. The highest BCUT2D eigenvalue weighted by Crippen LogP contribution is 2.23. The van der Waals surface area contributed by atoms with Crippen LogP contribution in [0.15, 0.2) is 48.5 Å². The number of aliphatic hydroxyl groups is 1. The van der Waals surface area contributed by atoms with Crippen LogP contribution in [0.4, 0.5) is 0 Å². The van der Waals surface area contributed by atoms with Gasteiger partial charge in [0.2, 0.25) is 5.91 Å². The van der Waals surface area contributed by atoms with Crippen LogP contribution >= 0.6 is 11.6 Å². The van der Waals surface area contributed by atoms with Gasteiger partial charge in [-0.2, -0.15) is 0 Å². The molecule has 5 heteroatoms. The van der Waals surface area contributed by atoms with Gasteiger partial charge < -0.3 is 15.2 Å². The average Bonchev–Trinajstić information content (AvgIpc) is 2.61. The summed E-state index contributed by atoms with van der Waals surface area (Å²) in [5.74, 6) is 0.399. The first-order chi connectivity index (χ1) is 11.5. The Bertz CT molecular complexity index is 655. The number of halogens is 1. The Hall–Kier alpha value is -2.04. The molecular weight excluding hydrogens is 326 g/mol. The second-order valence-corrected chi connectivity index (χ2v) is 5.98. The lowest BCUT2D eigenvalue weighted by Crippen LogP contribution is -2.32. The van der Waals surface area contributed by atoms with Crippen LogP contribution in [-0.2, 0) is 4.79 Å². The number of hydrogen-bond acceptors (Lipinski definition) is 3. The molecule has 2 rings (SSSR count). The van der Waals surface area contributed by atoms with Crippen LogP contribution in [0.1, 0.15) is 36.5 Å². The lowest BCUT2D eigenvalue weighted by Gasteiger charge is -2.18. The van der Waals surface area contributed by atoms with Crippen LogP contribution in [0.3, 0.4) is 0 Å². The molecule has 0 aliphatic heterocycles. The van der Waals surface area contributed by atoms with Crippen LogP contribution in [0, 0.1) is 0 Å². The molecule has 2 N–H and O–H groups in total. The van der Waals surface area contributed by atoms with Crippen molar-refractivity contribution in [2.24, 2.45) is 0 Å². The SMILES string of the molecule is CCC(C(=O)NCC(O)c1ccc(Cl)cc1)c1ccc(OC)cc1. The normalized spacial score (nSPS) is 13.2. The summed E-state index contributed by atoms with van der Waals surface area (Å²) in [6.45, 7) is 2.12. The smallest absolute Gasteiger partial charge is 0.227 e. The van der Waals surface area contributed by atoms with Crippen molar-refractivity contribution < 1.29 is 14.6 Å². The van der Waals surface area contributed by atoms with E-state index in [1.807, 2.05) is 31.2 Å². The molecule has 2 aromatic carbocycles. The molecule has 2 atom stereocenters. The molecule has 0 bridgehead atoms. The molecule has 24 heavy (non-hydrogen) atoms. The highest BCUT2D eigenvalue weighted by atomic mass is 35.5. The van der Waals surface area contributed by atoms with E-state index in [0.717, 1.165) is 16.9 Å². The number of rotatable bonds is 7. The van der Waals surface area contributed by atoms with E-state index < -0.39 is 6.10 Å². The highest BCUT2D eigenvalue weighted by Gasteiger charge is 2.19. The molecule has 128 valence electrons. The molecule has 2 aromatic rings. The summed E-state index contributed by atoms with van der Waals surface area (Å²) in [6, 6.07) is 14.4. The zero-order chi connectivity index (χ0) is 17.5. The van der Waals surface area contributed by atoms with Gasteiger partial charge in [-0.3, -0.25) is 4.79 Å². The van der Waals surface area contributed by atoms with Crippen molar-refractivity contribution in [1.82, 2.24) is 5.32 Å². The maximum absolute atomic E-state index is 12.4. The van der Waals surface area contributed by atoms with Gasteiger partial charge >= 0.3 is 0 Å². The van der Waals surface area contributed by atoms with Gasteiger partial charge in [0.1, 0.15) is 5.75 Å². The quantitative estimate of drug-likeness (QED) is 0.803. The minimum atomic E-state index is -0.764. The van der Waals surface area contributed by atoms with E-state index in [1.165, 1.54) is 0 Å². The summed E-state index contributed by atoms with van der Waals surface area (Å²) in [6.07, 6.45) is -0.0885. The van der Waals surface area contributed by atoms with Gasteiger partial charge in [-0.05, 0) is 41.8 Å². The summed E-state index contributed by atoms with van der Waals surface area (Å²) in [4.78, 5) is 12.4. The van der Waals surface area contributed by atoms with Gasteiger partial charge in [0.05, 0.1) is 19.1 Å². The molecule has 0 saturated carbocycles. The Kier molecular flexibility index (Phi) is 6.64. The van der Waals surface area contributed by atoms with Crippen molar-refractivity contribution in [2.75, 3.05) is 13.7 Å². The molecule has 0 saturated heterocycles. The first-order valence-corrected chi connectivity index (χ1v) is 8.28. The van der Waals surface area contributed by atoms with Crippen molar-refractivity contribution >= 4 is 17.5 Å². The van der Waals surface area contributed by atoms with Gasteiger partial charge in [-0.25, -0.2) is 0 Å². The van der Waals surface area contributed by atoms with Crippen LogP contribution < -0.4 is 10.1 Å². The molecule has 0 aliphatic carbocycles. The van der Waals surface area contributed by atoms with E-state index in [9.17, 15) is 9.90 Å². The number of amides is 1. The fourth-order valence-electron chi connectivity index (χ4n) is 2.53. The van der Waals surface area contributed by atoms with Crippen LogP contribution in [0.5, 0.6) is 5.75 Å². The molecule has 0 spiro atoms. The number of carbonyl (C=O) groups excluding carboxylic acids is 1. The predicted octanol–water partition coefficient (Wildman–Crippen LogP) is 3.69. The van der Waals surface area contributed by atoms with Gasteiger partial charge in [-0.1, -0.05) is 42.8 Å². The third-order valence-electron chi connectivity index (χ3n) is 3.97. The van der Waals surface area contributed by atoms with E-state index in [1.54, 1.807) is 31.4 Å². The molecular formula is C19H22ClNO3. The largest absolute Gasteiger partial charge is 0.497 e. The molecule has 0 aliphatic rings. The third-order valence-corrected chi connectivity index (χ3v) is 4.22. The number of methoxy groups -OCH3 is 1. The summed E-state index contributed by atoms with van der Waals surface area (Å²) in [7, 11) is 1.61. The molecule has 4 nitrogen and oxygen atoms in total. The van der Waals surface area contributed by atoms with E-state index in [0.29, 0.717) is 11.4 Å².